The highest BCUT2D eigenvalue weighted by atomic mass is 35.5. The lowest BCUT2D eigenvalue weighted by molar-refractivity contribution is 0.192. The number of ether oxygens (including phenoxy) is 1. The van der Waals surface area contributed by atoms with Crippen molar-refractivity contribution in [2.75, 3.05) is 13.2 Å². The van der Waals surface area contributed by atoms with Crippen molar-refractivity contribution < 1.29 is 9.26 Å². The molecule has 0 aliphatic carbocycles. The van der Waals surface area contributed by atoms with E-state index < -0.39 is 0 Å². The van der Waals surface area contributed by atoms with E-state index in [0.717, 1.165) is 29.6 Å². The van der Waals surface area contributed by atoms with Gasteiger partial charge in [0.2, 0.25) is 0 Å². The van der Waals surface area contributed by atoms with Gasteiger partial charge in [0.05, 0.1) is 6.61 Å². The Kier molecular flexibility index (Phi) is 2.75. The number of hydrogen-bond donors (Lipinski definition) is 1. The van der Waals surface area contributed by atoms with Gasteiger partial charge < -0.3 is 14.2 Å². The summed E-state index contributed by atoms with van der Waals surface area (Å²) in [5.74, 6) is 1.43. The van der Waals surface area contributed by atoms with Gasteiger partial charge in [-0.25, -0.2) is 0 Å². The molecule has 0 spiro atoms. The maximum atomic E-state index is 6.16. The molecule has 6 heteroatoms. The molecule has 102 valence electrons. The van der Waals surface area contributed by atoms with E-state index in [-0.39, 0.29) is 5.92 Å². The third-order valence-corrected chi connectivity index (χ3v) is 3.91. The van der Waals surface area contributed by atoms with Crippen LogP contribution in [-0.4, -0.2) is 28.3 Å². The molecule has 0 unspecified atom stereocenters. The van der Waals surface area contributed by atoms with Crippen LogP contribution >= 0.6 is 11.6 Å². The SMILES string of the molecule is Clc1cccc2[nH]c(-c3nc([C@@H]4CCOC4)no3)cc12. The van der Waals surface area contributed by atoms with E-state index in [2.05, 4.69) is 15.1 Å². The molecule has 1 aromatic carbocycles. The van der Waals surface area contributed by atoms with E-state index in [1.54, 1.807) is 0 Å². The van der Waals surface area contributed by atoms with Crippen LogP contribution in [0.15, 0.2) is 28.8 Å². The fraction of sp³-hybridized carbons (Fsp3) is 0.286. The average Bonchev–Trinajstić information content (AvgIpc) is 3.18. The standard InChI is InChI=1S/C14H12ClN3O2/c15-10-2-1-3-11-9(10)6-12(16-11)14-17-13(18-20-14)8-4-5-19-7-8/h1-3,6,8,16H,4-5,7H2/t8-/m1/s1. The molecule has 1 aliphatic rings. The second-order valence-corrected chi connectivity index (χ2v) is 5.31. The summed E-state index contributed by atoms with van der Waals surface area (Å²) in [6.07, 6.45) is 0.942. The minimum absolute atomic E-state index is 0.237. The van der Waals surface area contributed by atoms with Crippen molar-refractivity contribution in [3.8, 4) is 11.6 Å². The molecule has 0 amide bonds. The van der Waals surface area contributed by atoms with E-state index in [0.29, 0.717) is 23.3 Å². The van der Waals surface area contributed by atoms with Crippen LogP contribution in [0.25, 0.3) is 22.5 Å². The number of halogens is 1. The van der Waals surface area contributed by atoms with Gasteiger partial charge in [0, 0.05) is 28.5 Å². The predicted octanol–water partition coefficient (Wildman–Crippen LogP) is 3.38. The summed E-state index contributed by atoms with van der Waals surface area (Å²) >= 11 is 6.16. The van der Waals surface area contributed by atoms with Crippen molar-refractivity contribution in [3.05, 3.63) is 35.1 Å². The van der Waals surface area contributed by atoms with Gasteiger partial charge in [-0.3, -0.25) is 0 Å². The molecule has 0 saturated carbocycles. The predicted molar refractivity (Wildman–Crippen MR) is 74.8 cm³/mol. The molecule has 5 nitrogen and oxygen atoms in total. The zero-order valence-corrected chi connectivity index (χ0v) is 11.4. The summed E-state index contributed by atoms with van der Waals surface area (Å²) in [4.78, 5) is 7.70. The van der Waals surface area contributed by atoms with Crippen molar-refractivity contribution in [2.45, 2.75) is 12.3 Å². The van der Waals surface area contributed by atoms with Crippen LogP contribution in [0.2, 0.25) is 5.02 Å². The Labute approximate surface area is 119 Å². The number of benzene rings is 1. The Morgan fingerprint density at radius 1 is 1.35 bits per heavy atom. The first-order valence-electron chi connectivity index (χ1n) is 6.50. The third-order valence-electron chi connectivity index (χ3n) is 3.58. The number of nitrogens with one attached hydrogen (secondary N) is 1. The zero-order chi connectivity index (χ0) is 13.5. The zero-order valence-electron chi connectivity index (χ0n) is 10.6. The van der Waals surface area contributed by atoms with E-state index in [1.807, 2.05) is 24.3 Å². The van der Waals surface area contributed by atoms with E-state index in [1.165, 1.54) is 0 Å². The smallest absolute Gasteiger partial charge is 0.274 e. The lowest BCUT2D eigenvalue weighted by Gasteiger charge is -1.97. The molecular formula is C14H12ClN3O2. The Morgan fingerprint density at radius 3 is 3.10 bits per heavy atom. The summed E-state index contributed by atoms with van der Waals surface area (Å²) in [6.45, 7) is 1.42. The first-order chi connectivity index (χ1) is 9.81. The first-order valence-corrected chi connectivity index (χ1v) is 6.88. The van der Waals surface area contributed by atoms with Gasteiger partial charge in [0.25, 0.3) is 5.89 Å². The molecule has 20 heavy (non-hydrogen) atoms. The molecule has 0 radical (unpaired) electrons. The van der Waals surface area contributed by atoms with Crippen molar-refractivity contribution in [1.29, 1.82) is 0 Å². The molecule has 4 rings (SSSR count). The van der Waals surface area contributed by atoms with Crippen LogP contribution in [0.3, 0.4) is 0 Å². The molecule has 2 aromatic heterocycles. The van der Waals surface area contributed by atoms with Crippen LogP contribution in [0, 0.1) is 0 Å². The third kappa shape index (κ3) is 1.90. The van der Waals surface area contributed by atoms with Crippen molar-refractivity contribution in [1.82, 2.24) is 15.1 Å². The molecule has 0 bridgehead atoms. The van der Waals surface area contributed by atoms with E-state index >= 15 is 0 Å². The lowest BCUT2D eigenvalue weighted by atomic mass is 10.1. The number of hydrogen-bond acceptors (Lipinski definition) is 4. The van der Waals surface area contributed by atoms with Gasteiger partial charge in [-0.05, 0) is 24.6 Å². The van der Waals surface area contributed by atoms with Gasteiger partial charge in [0.15, 0.2) is 5.82 Å². The second-order valence-electron chi connectivity index (χ2n) is 4.90. The Morgan fingerprint density at radius 2 is 2.30 bits per heavy atom. The van der Waals surface area contributed by atoms with Gasteiger partial charge >= 0.3 is 0 Å². The summed E-state index contributed by atoms with van der Waals surface area (Å²) in [6, 6.07) is 7.66. The number of aromatic nitrogens is 3. The van der Waals surface area contributed by atoms with Gasteiger partial charge in [-0.2, -0.15) is 4.98 Å². The molecule has 3 heterocycles. The van der Waals surface area contributed by atoms with E-state index in [4.69, 9.17) is 20.9 Å². The van der Waals surface area contributed by atoms with Crippen LogP contribution in [-0.2, 0) is 4.74 Å². The van der Waals surface area contributed by atoms with Gasteiger partial charge in [-0.1, -0.05) is 22.8 Å². The number of rotatable bonds is 2. The number of nitrogens with zero attached hydrogens (tertiary/aromatic N) is 2. The average molecular weight is 290 g/mol. The van der Waals surface area contributed by atoms with Gasteiger partial charge in [0.1, 0.15) is 5.69 Å². The molecular weight excluding hydrogens is 278 g/mol. The topological polar surface area (TPSA) is 63.9 Å². The molecule has 1 saturated heterocycles. The van der Waals surface area contributed by atoms with Crippen molar-refractivity contribution in [2.24, 2.45) is 0 Å². The van der Waals surface area contributed by atoms with Crippen LogP contribution < -0.4 is 0 Å². The van der Waals surface area contributed by atoms with Crippen LogP contribution in [0.4, 0.5) is 0 Å². The highest BCUT2D eigenvalue weighted by Gasteiger charge is 2.23. The number of aromatic amines is 1. The largest absolute Gasteiger partial charge is 0.381 e. The Hall–Kier alpha value is -1.85. The number of fused-ring (bicyclic) bond motifs is 1. The fourth-order valence-electron chi connectivity index (χ4n) is 2.48. The molecule has 3 aromatic rings. The Bertz CT molecular complexity index is 759. The van der Waals surface area contributed by atoms with E-state index in [9.17, 15) is 0 Å². The highest BCUT2D eigenvalue weighted by Crippen LogP contribution is 2.29. The summed E-state index contributed by atoms with van der Waals surface area (Å²) < 4.78 is 10.7. The second kappa shape index (κ2) is 4.61. The molecule has 1 atom stereocenters. The number of H-pyrrole nitrogens is 1. The summed E-state index contributed by atoms with van der Waals surface area (Å²) in [7, 11) is 0. The van der Waals surface area contributed by atoms with Crippen molar-refractivity contribution >= 4 is 22.5 Å². The maximum Gasteiger partial charge on any atom is 0.274 e. The molecule has 1 aliphatic heterocycles. The van der Waals surface area contributed by atoms with Crippen LogP contribution in [0.5, 0.6) is 0 Å². The minimum Gasteiger partial charge on any atom is -0.381 e. The lowest BCUT2D eigenvalue weighted by Crippen LogP contribution is -1.99. The van der Waals surface area contributed by atoms with Crippen molar-refractivity contribution in [3.63, 3.8) is 0 Å². The summed E-state index contributed by atoms with van der Waals surface area (Å²) in [5.41, 5.74) is 1.74. The highest BCUT2D eigenvalue weighted by molar-refractivity contribution is 6.35. The monoisotopic (exact) mass is 289 g/mol. The normalized spacial score (nSPS) is 18.9. The van der Waals surface area contributed by atoms with Gasteiger partial charge in [-0.15, -0.1) is 0 Å². The maximum absolute atomic E-state index is 6.16. The first kappa shape index (κ1) is 11.9. The Balaban J connectivity index is 1.73. The molecule has 1 N–H and O–H groups in total. The van der Waals surface area contributed by atoms with Crippen LogP contribution in [0.1, 0.15) is 18.2 Å². The summed E-state index contributed by atoms with van der Waals surface area (Å²) in [5, 5.41) is 5.70. The molecule has 1 fully saturated rings. The minimum atomic E-state index is 0.237. The fourth-order valence-corrected chi connectivity index (χ4v) is 2.71. The quantitative estimate of drug-likeness (QED) is 0.785.